The molecule has 0 bridgehead atoms. The van der Waals surface area contributed by atoms with Gasteiger partial charge in [0.05, 0.1) is 6.54 Å². The van der Waals surface area contributed by atoms with Crippen LogP contribution in [0, 0.1) is 0 Å². The van der Waals surface area contributed by atoms with Gasteiger partial charge >= 0.3 is 6.36 Å². The number of anilines is 1. The molecule has 2 aliphatic rings. The number of nitrogens with one attached hydrogen (secondary N) is 1. The number of likely N-dealkylation sites (tertiary alicyclic amines) is 1. The van der Waals surface area contributed by atoms with Crippen molar-refractivity contribution in [2.24, 2.45) is 0 Å². The standard InChI is InChI=1S/C20H27F3N4O3/c1-15(28)26-12-10-25(11-13-26)14-19(29)27-8-6-17(7-9-27)24-16-2-4-18(5-3-16)30-20(21,22)23/h2-5,17,24H,6-14H2,1H3. The second-order valence-corrected chi connectivity index (χ2v) is 7.65. The van der Waals surface area contributed by atoms with Crippen molar-refractivity contribution in [1.82, 2.24) is 14.7 Å². The number of nitrogens with zero attached hydrogens (tertiary/aromatic N) is 3. The first kappa shape index (κ1) is 22.2. The number of ether oxygens (including phenoxy) is 1. The summed E-state index contributed by atoms with van der Waals surface area (Å²) >= 11 is 0. The SMILES string of the molecule is CC(=O)N1CCN(CC(=O)N2CCC(Nc3ccc(OC(F)(F)F)cc3)CC2)CC1. The second-order valence-electron chi connectivity index (χ2n) is 7.65. The Kier molecular flexibility index (Phi) is 7.06. The van der Waals surface area contributed by atoms with Gasteiger partial charge in [-0.15, -0.1) is 13.2 Å². The van der Waals surface area contributed by atoms with Crippen LogP contribution in [-0.4, -0.2) is 84.7 Å². The Labute approximate surface area is 173 Å². The summed E-state index contributed by atoms with van der Waals surface area (Å²) in [7, 11) is 0. The molecule has 2 fully saturated rings. The van der Waals surface area contributed by atoms with Gasteiger partial charge in [-0.2, -0.15) is 0 Å². The first-order valence-corrected chi connectivity index (χ1v) is 10.1. The molecule has 1 aromatic rings. The molecule has 0 aliphatic carbocycles. The lowest BCUT2D eigenvalue weighted by molar-refractivity contribution is -0.274. The molecule has 2 heterocycles. The largest absolute Gasteiger partial charge is 0.573 e. The van der Waals surface area contributed by atoms with Crippen molar-refractivity contribution in [2.75, 3.05) is 51.1 Å². The zero-order chi connectivity index (χ0) is 21.7. The van der Waals surface area contributed by atoms with Crippen molar-refractivity contribution in [3.63, 3.8) is 0 Å². The Morgan fingerprint density at radius 1 is 1.00 bits per heavy atom. The number of hydrogen-bond donors (Lipinski definition) is 1. The van der Waals surface area contributed by atoms with Crippen LogP contribution in [0.4, 0.5) is 18.9 Å². The van der Waals surface area contributed by atoms with Crippen LogP contribution in [0.25, 0.3) is 0 Å². The van der Waals surface area contributed by atoms with Gasteiger partial charge in [0.25, 0.3) is 0 Å². The van der Waals surface area contributed by atoms with Gasteiger partial charge in [0.15, 0.2) is 0 Å². The van der Waals surface area contributed by atoms with E-state index in [0.29, 0.717) is 45.8 Å². The van der Waals surface area contributed by atoms with Crippen LogP contribution in [0.2, 0.25) is 0 Å². The van der Waals surface area contributed by atoms with E-state index in [9.17, 15) is 22.8 Å². The second kappa shape index (κ2) is 9.55. The molecule has 10 heteroatoms. The van der Waals surface area contributed by atoms with Crippen LogP contribution in [-0.2, 0) is 9.59 Å². The van der Waals surface area contributed by atoms with Crippen LogP contribution in [0.1, 0.15) is 19.8 Å². The number of alkyl halides is 3. The highest BCUT2D eigenvalue weighted by Gasteiger charge is 2.31. The molecule has 2 saturated heterocycles. The summed E-state index contributed by atoms with van der Waals surface area (Å²) in [6.45, 7) is 5.92. The van der Waals surface area contributed by atoms with Crippen LogP contribution >= 0.6 is 0 Å². The first-order valence-electron chi connectivity index (χ1n) is 10.1. The van der Waals surface area contributed by atoms with Gasteiger partial charge in [0, 0.05) is 57.9 Å². The van der Waals surface area contributed by atoms with E-state index >= 15 is 0 Å². The molecule has 2 aliphatic heterocycles. The van der Waals surface area contributed by atoms with Gasteiger partial charge in [-0.3, -0.25) is 14.5 Å². The average molecular weight is 428 g/mol. The van der Waals surface area contributed by atoms with E-state index in [-0.39, 0.29) is 23.6 Å². The third-order valence-electron chi connectivity index (χ3n) is 5.48. The molecule has 166 valence electrons. The van der Waals surface area contributed by atoms with Crippen LogP contribution in [0.15, 0.2) is 24.3 Å². The van der Waals surface area contributed by atoms with Crippen molar-refractivity contribution in [3.8, 4) is 5.75 Å². The number of carbonyl (C=O) groups excluding carboxylic acids is 2. The molecule has 30 heavy (non-hydrogen) atoms. The normalized spacial score (nSPS) is 18.9. The third-order valence-corrected chi connectivity index (χ3v) is 5.48. The van der Waals surface area contributed by atoms with Gasteiger partial charge < -0.3 is 19.9 Å². The highest BCUT2D eigenvalue weighted by molar-refractivity contribution is 5.78. The first-order chi connectivity index (χ1) is 14.2. The predicted octanol–water partition coefficient (Wildman–Crippen LogP) is 2.15. The Hall–Kier alpha value is -2.49. The van der Waals surface area contributed by atoms with E-state index in [1.54, 1.807) is 24.0 Å². The van der Waals surface area contributed by atoms with E-state index in [1.165, 1.54) is 12.1 Å². The van der Waals surface area contributed by atoms with E-state index < -0.39 is 6.36 Å². The lowest BCUT2D eigenvalue weighted by atomic mass is 10.0. The zero-order valence-electron chi connectivity index (χ0n) is 17.0. The molecule has 0 atom stereocenters. The summed E-state index contributed by atoms with van der Waals surface area (Å²) in [5.74, 6) is -0.0888. The van der Waals surface area contributed by atoms with Crippen LogP contribution in [0.3, 0.4) is 0 Å². The smallest absolute Gasteiger partial charge is 0.406 e. The number of carbonyl (C=O) groups is 2. The Balaban J connectivity index is 1.39. The maximum Gasteiger partial charge on any atom is 0.573 e. The molecule has 3 rings (SSSR count). The van der Waals surface area contributed by atoms with Crippen molar-refractivity contribution < 1.29 is 27.5 Å². The fourth-order valence-electron chi connectivity index (χ4n) is 3.77. The quantitative estimate of drug-likeness (QED) is 0.779. The number of piperidine rings is 1. The third kappa shape index (κ3) is 6.51. The van der Waals surface area contributed by atoms with E-state index in [4.69, 9.17) is 0 Å². The summed E-state index contributed by atoms with van der Waals surface area (Å²) in [5, 5.41) is 3.30. The summed E-state index contributed by atoms with van der Waals surface area (Å²) in [6.07, 6.45) is -3.16. The summed E-state index contributed by atoms with van der Waals surface area (Å²) in [4.78, 5) is 29.7. The molecule has 7 nitrogen and oxygen atoms in total. The fraction of sp³-hybridized carbons (Fsp3) is 0.600. The molecule has 1 N–H and O–H groups in total. The molecule has 0 unspecified atom stereocenters. The van der Waals surface area contributed by atoms with Crippen LogP contribution < -0.4 is 10.1 Å². The maximum atomic E-state index is 12.6. The minimum Gasteiger partial charge on any atom is -0.406 e. The molecule has 0 saturated carbocycles. The van der Waals surface area contributed by atoms with Crippen molar-refractivity contribution >= 4 is 17.5 Å². The number of rotatable bonds is 5. The Morgan fingerprint density at radius 2 is 1.60 bits per heavy atom. The zero-order valence-corrected chi connectivity index (χ0v) is 17.0. The maximum absolute atomic E-state index is 12.6. The highest BCUT2D eigenvalue weighted by atomic mass is 19.4. The summed E-state index contributed by atoms with van der Waals surface area (Å²) in [5.41, 5.74) is 0.720. The van der Waals surface area contributed by atoms with Crippen molar-refractivity contribution in [3.05, 3.63) is 24.3 Å². The summed E-state index contributed by atoms with van der Waals surface area (Å²) < 4.78 is 40.5. The minimum atomic E-state index is -4.70. The van der Waals surface area contributed by atoms with Crippen LogP contribution in [0.5, 0.6) is 5.75 Å². The topological polar surface area (TPSA) is 65.1 Å². The van der Waals surface area contributed by atoms with Gasteiger partial charge in [-0.1, -0.05) is 0 Å². The predicted molar refractivity (Wildman–Crippen MR) is 105 cm³/mol. The lowest BCUT2D eigenvalue weighted by Gasteiger charge is -2.37. The molecular formula is C20H27F3N4O3. The fourth-order valence-corrected chi connectivity index (χ4v) is 3.77. The molecular weight excluding hydrogens is 401 g/mol. The number of halogens is 3. The average Bonchev–Trinajstić information content (AvgIpc) is 2.69. The number of benzene rings is 1. The Bertz CT molecular complexity index is 726. The van der Waals surface area contributed by atoms with Gasteiger partial charge in [0.2, 0.25) is 11.8 Å². The lowest BCUT2D eigenvalue weighted by Crippen LogP contribution is -2.52. The van der Waals surface area contributed by atoms with Gasteiger partial charge in [0.1, 0.15) is 5.75 Å². The molecule has 2 amide bonds. The minimum absolute atomic E-state index is 0.0677. The van der Waals surface area contributed by atoms with Crippen molar-refractivity contribution in [2.45, 2.75) is 32.2 Å². The summed E-state index contributed by atoms with van der Waals surface area (Å²) in [6, 6.07) is 5.82. The molecule has 1 aromatic carbocycles. The number of amides is 2. The van der Waals surface area contributed by atoms with Gasteiger partial charge in [-0.05, 0) is 37.1 Å². The molecule has 0 spiro atoms. The monoisotopic (exact) mass is 428 g/mol. The van der Waals surface area contributed by atoms with E-state index in [0.717, 1.165) is 18.5 Å². The highest BCUT2D eigenvalue weighted by Crippen LogP contribution is 2.25. The van der Waals surface area contributed by atoms with Gasteiger partial charge in [-0.25, -0.2) is 0 Å². The molecule has 0 radical (unpaired) electrons. The number of hydrogen-bond acceptors (Lipinski definition) is 5. The van der Waals surface area contributed by atoms with E-state index in [1.807, 2.05) is 4.90 Å². The van der Waals surface area contributed by atoms with E-state index in [2.05, 4.69) is 15.0 Å². The Morgan fingerprint density at radius 3 is 2.13 bits per heavy atom. The number of piperazine rings is 1. The van der Waals surface area contributed by atoms with Crippen molar-refractivity contribution in [1.29, 1.82) is 0 Å². The molecule has 0 aromatic heterocycles.